The van der Waals surface area contributed by atoms with Gasteiger partial charge in [-0.15, -0.1) is 0 Å². The molecule has 2 saturated heterocycles. The molecule has 2 aliphatic heterocycles. The standard InChI is InChI=1S/C18H36N2O2/c1-19(2,11-17-13-21-17)9-15-5-7-16(8-6-15)10-20(3,4)12-18-14-22-18/h15-18H,5-14H2,1-4H3/q+2. The van der Waals surface area contributed by atoms with Gasteiger partial charge in [0.05, 0.1) is 54.5 Å². The zero-order valence-electron chi connectivity index (χ0n) is 15.1. The molecule has 22 heavy (non-hydrogen) atoms. The first-order chi connectivity index (χ1) is 10.3. The molecule has 1 saturated carbocycles. The minimum atomic E-state index is 0.550. The van der Waals surface area contributed by atoms with Gasteiger partial charge >= 0.3 is 0 Å². The van der Waals surface area contributed by atoms with E-state index >= 15 is 0 Å². The van der Waals surface area contributed by atoms with Gasteiger partial charge in [-0.2, -0.15) is 0 Å². The van der Waals surface area contributed by atoms with Crippen LogP contribution in [0.25, 0.3) is 0 Å². The highest BCUT2D eigenvalue weighted by atomic mass is 16.6. The lowest BCUT2D eigenvalue weighted by atomic mass is 9.81. The fraction of sp³-hybridized carbons (Fsp3) is 1.00. The van der Waals surface area contributed by atoms with Crippen LogP contribution >= 0.6 is 0 Å². The summed E-state index contributed by atoms with van der Waals surface area (Å²) >= 11 is 0. The maximum Gasteiger partial charge on any atom is 0.130 e. The first-order valence-corrected chi connectivity index (χ1v) is 9.19. The van der Waals surface area contributed by atoms with Gasteiger partial charge in [-0.05, 0) is 25.7 Å². The molecule has 0 spiro atoms. The minimum Gasteiger partial charge on any atom is -0.367 e. The van der Waals surface area contributed by atoms with E-state index in [-0.39, 0.29) is 0 Å². The Morgan fingerprint density at radius 1 is 0.636 bits per heavy atom. The number of epoxide rings is 2. The number of rotatable bonds is 8. The van der Waals surface area contributed by atoms with Crippen molar-refractivity contribution in [3.05, 3.63) is 0 Å². The second-order valence-corrected chi connectivity index (χ2v) is 9.40. The van der Waals surface area contributed by atoms with Crippen molar-refractivity contribution < 1.29 is 18.4 Å². The quantitative estimate of drug-likeness (QED) is 0.504. The largest absolute Gasteiger partial charge is 0.367 e. The van der Waals surface area contributed by atoms with E-state index in [9.17, 15) is 0 Å². The van der Waals surface area contributed by atoms with Gasteiger partial charge in [0.2, 0.25) is 0 Å². The van der Waals surface area contributed by atoms with Crippen LogP contribution in [0.1, 0.15) is 25.7 Å². The van der Waals surface area contributed by atoms with Crippen LogP contribution in [0.3, 0.4) is 0 Å². The van der Waals surface area contributed by atoms with Gasteiger partial charge in [-0.25, -0.2) is 0 Å². The second-order valence-electron chi connectivity index (χ2n) is 9.40. The number of hydrogen-bond acceptors (Lipinski definition) is 2. The molecule has 2 heterocycles. The highest BCUT2D eigenvalue weighted by Gasteiger charge is 2.36. The van der Waals surface area contributed by atoms with E-state index in [1.54, 1.807) is 0 Å². The van der Waals surface area contributed by atoms with Crippen LogP contribution in [0, 0.1) is 11.8 Å². The lowest BCUT2D eigenvalue weighted by Crippen LogP contribution is -2.48. The zero-order valence-corrected chi connectivity index (χ0v) is 15.1. The lowest BCUT2D eigenvalue weighted by Gasteiger charge is -2.38. The Kier molecular flexibility index (Phi) is 4.84. The monoisotopic (exact) mass is 312 g/mol. The van der Waals surface area contributed by atoms with Crippen molar-refractivity contribution >= 4 is 0 Å². The van der Waals surface area contributed by atoms with Gasteiger partial charge in [-0.3, -0.25) is 0 Å². The van der Waals surface area contributed by atoms with Crippen molar-refractivity contribution in [2.75, 3.05) is 67.6 Å². The molecule has 0 aromatic carbocycles. The zero-order chi connectivity index (χ0) is 15.8. The molecule has 0 N–H and O–H groups in total. The molecule has 0 amide bonds. The second kappa shape index (κ2) is 6.39. The summed E-state index contributed by atoms with van der Waals surface area (Å²) in [5.41, 5.74) is 0. The summed E-state index contributed by atoms with van der Waals surface area (Å²) in [6.45, 7) is 7.05. The van der Waals surface area contributed by atoms with E-state index in [1.807, 2.05) is 0 Å². The van der Waals surface area contributed by atoms with Crippen molar-refractivity contribution in [2.45, 2.75) is 37.9 Å². The van der Waals surface area contributed by atoms with Gasteiger partial charge in [0.25, 0.3) is 0 Å². The summed E-state index contributed by atoms with van der Waals surface area (Å²) < 4.78 is 13.1. The number of ether oxygens (including phenoxy) is 2. The van der Waals surface area contributed by atoms with Crippen molar-refractivity contribution in [3.63, 3.8) is 0 Å². The third kappa shape index (κ3) is 5.48. The summed E-state index contributed by atoms with van der Waals surface area (Å²) in [5, 5.41) is 0. The molecule has 0 bridgehead atoms. The van der Waals surface area contributed by atoms with E-state index < -0.39 is 0 Å². The summed E-state index contributed by atoms with van der Waals surface area (Å²) in [7, 11) is 9.51. The van der Waals surface area contributed by atoms with E-state index in [4.69, 9.17) is 9.47 Å². The molecule has 0 radical (unpaired) electrons. The van der Waals surface area contributed by atoms with Gasteiger partial charge < -0.3 is 18.4 Å². The first-order valence-electron chi connectivity index (χ1n) is 9.19. The van der Waals surface area contributed by atoms with E-state index in [1.165, 1.54) is 51.9 Å². The van der Waals surface area contributed by atoms with E-state index in [0.717, 1.165) is 34.0 Å². The predicted octanol–water partition coefficient (Wildman–Crippen LogP) is 1.74. The molecular formula is C18H36N2O2+2. The SMILES string of the molecule is C[N+](C)(CC1CCC(C[N+](C)(C)CC2CO2)CC1)CC1CO1. The van der Waals surface area contributed by atoms with Crippen molar-refractivity contribution in [1.29, 1.82) is 0 Å². The Bertz CT molecular complexity index is 331. The summed E-state index contributed by atoms with van der Waals surface area (Å²) in [4.78, 5) is 0. The summed E-state index contributed by atoms with van der Waals surface area (Å²) in [6.07, 6.45) is 6.81. The van der Waals surface area contributed by atoms with Crippen molar-refractivity contribution in [1.82, 2.24) is 0 Å². The van der Waals surface area contributed by atoms with Crippen LogP contribution in [-0.4, -0.2) is 88.8 Å². The molecule has 1 aliphatic carbocycles. The van der Waals surface area contributed by atoms with Crippen LogP contribution in [0.2, 0.25) is 0 Å². The Morgan fingerprint density at radius 3 is 1.23 bits per heavy atom. The van der Waals surface area contributed by atoms with E-state index in [0.29, 0.717) is 12.2 Å². The molecule has 0 aromatic rings. The average Bonchev–Trinajstić information content (AvgIpc) is 3.28. The summed E-state index contributed by atoms with van der Waals surface area (Å²) in [5.74, 6) is 1.85. The minimum absolute atomic E-state index is 0.550. The van der Waals surface area contributed by atoms with Crippen LogP contribution in [0.15, 0.2) is 0 Å². The maximum absolute atomic E-state index is 5.41. The van der Waals surface area contributed by atoms with Crippen LogP contribution in [0.4, 0.5) is 0 Å². The molecule has 2 unspecified atom stereocenters. The number of likely N-dealkylation sites (N-methyl/N-ethyl adjacent to an activating group) is 2. The molecular weight excluding hydrogens is 276 g/mol. The number of quaternary nitrogens is 2. The number of nitrogens with zero attached hydrogens (tertiary/aromatic N) is 2. The highest BCUT2D eigenvalue weighted by molar-refractivity contribution is 4.75. The third-order valence-corrected chi connectivity index (χ3v) is 5.67. The fourth-order valence-corrected chi connectivity index (χ4v) is 4.59. The first kappa shape index (κ1) is 16.7. The lowest BCUT2D eigenvalue weighted by molar-refractivity contribution is -0.896. The van der Waals surface area contributed by atoms with Crippen molar-refractivity contribution in [2.24, 2.45) is 11.8 Å². The summed E-state index contributed by atoms with van der Waals surface area (Å²) in [6, 6.07) is 0. The Balaban J connectivity index is 1.38. The van der Waals surface area contributed by atoms with E-state index in [2.05, 4.69) is 28.2 Å². The van der Waals surface area contributed by atoms with Gasteiger partial charge in [0, 0.05) is 11.8 Å². The molecule has 0 aromatic heterocycles. The third-order valence-electron chi connectivity index (χ3n) is 5.67. The molecule has 2 atom stereocenters. The Morgan fingerprint density at radius 2 is 0.955 bits per heavy atom. The van der Waals surface area contributed by atoms with Crippen LogP contribution < -0.4 is 0 Å². The van der Waals surface area contributed by atoms with Gasteiger partial charge in [0.15, 0.2) is 0 Å². The molecule has 3 rings (SSSR count). The fourth-order valence-electron chi connectivity index (χ4n) is 4.59. The number of hydrogen-bond donors (Lipinski definition) is 0. The molecule has 4 nitrogen and oxygen atoms in total. The smallest absolute Gasteiger partial charge is 0.130 e. The maximum atomic E-state index is 5.41. The molecule has 3 fully saturated rings. The van der Waals surface area contributed by atoms with Crippen molar-refractivity contribution in [3.8, 4) is 0 Å². The van der Waals surface area contributed by atoms with Gasteiger partial charge in [0.1, 0.15) is 25.3 Å². The molecule has 4 heteroatoms. The Labute approximate surface area is 136 Å². The topological polar surface area (TPSA) is 25.1 Å². The average molecular weight is 312 g/mol. The highest BCUT2D eigenvalue weighted by Crippen LogP contribution is 2.32. The predicted molar refractivity (Wildman–Crippen MR) is 88.6 cm³/mol. The van der Waals surface area contributed by atoms with Crippen LogP contribution in [-0.2, 0) is 9.47 Å². The molecule has 3 aliphatic rings. The van der Waals surface area contributed by atoms with Crippen LogP contribution in [0.5, 0.6) is 0 Å². The normalized spacial score (nSPS) is 35.5. The Hall–Kier alpha value is -0.160. The van der Waals surface area contributed by atoms with Gasteiger partial charge in [-0.1, -0.05) is 0 Å². The molecule has 128 valence electrons.